The Labute approximate surface area is 148 Å². The molecule has 0 bridgehead atoms. The van der Waals surface area contributed by atoms with Gasteiger partial charge in [-0.25, -0.2) is 4.98 Å². The lowest BCUT2D eigenvalue weighted by Crippen LogP contribution is -2.00. The molecular weight excluding hydrogens is 342 g/mol. The fraction of sp³-hybridized carbons (Fsp3) is 0.0588. The zero-order valence-corrected chi connectivity index (χ0v) is 14.1. The number of nitriles is 1. The first kappa shape index (κ1) is 16.2. The first-order valence-electron chi connectivity index (χ1n) is 7.07. The number of allylic oxidation sites excluding steroid dienone is 1. The number of benzene rings is 1. The SMILES string of the molecule is C=CCn1c(Sc2ccc(Cl)c(C#N)n2)nnc1-c1ccccc1. The fourth-order valence-electron chi connectivity index (χ4n) is 2.11. The van der Waals surface area contributed by atoms with Gasteiger partial charge in [0.15, 0.2) is 16.7 Å². The van der Waals surface area contributed by atoms with Crippen LogP contribution < -0.4 is 0 Å². The van der Waals surface area contributed by atoms with Crippen molar-refractivity contribution >= 4 is 23.4 Å². The summed E-state index contributed by atoms with van der Waals surface area (Å²) in [7, 11) is 0. The van der Waals surface area contributed by atoms with E-state index in [0.717, 1.165) is 11.4 Å². The Morgan fingerprint density at radius 3 is 2.71 bits per heavy atom. The van der Waals surface area contributed by atoms with Crippen molar-refractivity contribution in [2.75, 3.05) is 0 Å². The summed E-state index contributed by atoms with van der Waals surface area (Å²) in [6.45, 7) is 4.36. The van der Waals surface area contributed by atoms with E-state index in [4.69, 9.17) is 16.9 Å². The van der Waals surface area contributed by atoms with Crippen LogP contribution in [-0.4, -0.2) is 19.7 Å². The van der Waals surface area contributed by atoms with Crippen molar-refractivity contribution in [2.45, 2.75) is 16.7 Å². The van der Waals surface area contributed by atoms with E-state index in [0.29, 0.717) is 21.7 Å². The number of rotatable bonds is 5. The molecule has 0 aliphatic heterocycles. The Bertz CT molecular complexity index is 914. The Morgan fingerprint density at radius 2 is 2.00 bits per heavy atom. The molecule has 5 nitrogen and oxygen atoms in total. The topological polar surface area (TPSA) is 67.4 Å². The lowest BCUT2D eigenvalue weighted by molar-refractivity contribution is 0.730. The van der Waals surface area contributed by atoms with Crippen LogP contribution in [0.4, 0.5) is 0 Å². The molecule has 7 heteroatoms. The van der Waals surface area contributed by atoms with Crippen LogP contribution in [0.25, 0.3) is 11.4 Å². The number of hydrogen-bond acceptors (Lipinski definition) is 5. The van der Waals surface area contributed by atoms with E-state index in [1.54, 1.807) is 18.2 Å². The largest absolute Gasteiger partial charge is 0.298 e. The number of hydrogen-bond donors (Lipinski definition) is 0. The minimum Gasteiger partial charge on any atom is -0.298 e. The van der Waals surface area contributed by atoms with Gasteiger partial charge in [-0.3, -0.25) is 4.57 Å². The highest BCUT2D eigenvalue weighted by atomic mass is 35.5. The Balaban J connectivity index is 1.98. The highest BCUT2D eigenvalue weighted by Crippen LogP contribution is 2.29. The summed E-state index contributed by atoms with van der Waals surface area (Å²) in [6.07, 6.45) is 1.79. The molecule has 3 rings (SSSR count). The second kappa shape index (κ2) is 7.30. The van der Waals surface area contributed by atoms with Crippen LogP contribution in [0, 0.1) is 11.3 Å². The summed E-state index contributed by atoms with van der Waals surface area (Å²) in [5, 5.41) is 19.2. The van der Waals surface area contributed by atoms with Gasteiger partial charge in [0.2, 0.25) is 0 Å². The van der Waals surface area contributed by atoms with Crippen molar-refractivity contribution in [3.8, 4) is 17.5 Å². The van der Waals surface area contributed by atoms with Gasteiger partial charge in [-0.2, -0.15) is 5.26 Å². The molecule has 0 aliphatic rings. The van der Waals surface area contributed by atoms with E-state index in [1.165, 1.54) is 11.8 Å². The maximum Gasteiger partial charge on any atom is 0.198 e. The average molecular weight is 354 g/mol. The van der Waals surface area contributed by atoms with Gasteiger partial charge >= 0.3 is 0 Å². The number of aromatic nitrogens is 4. The van der Waals surface area contributed by atoms with E-state index in [-0.39, 0.29) is 5.69 Å². The highest BCUT2D eigenvalue weighted by Gasteiger charge is 2.15. The molecule has 0 saturated heterocycles. The van der Waals surface area contributed by atoms with Crippen molar-refractivity contribution in [1.82, 2.24) is 19.7 Å². The van der Waals surface area contributed by atoms with Gasteiger partial charge in [0, 0.05) is 12.1 Å². The summed E-state index contributed by atoms with van der Waals surface area (Å²) in [4.78, 5) is 4.23. The quantitative estimate of drug-likeness (QED) is 0.643. The molecule has 0 fully saturated rings. The number of pyridine rings is 1. The molecule has 0 spiro atoms. The molecule has 0 unspecified atom stereocenters. The van der Waals surface area contributed by atoms with Crippen LogP contribution in [0.15, 0.2) is 65.3 Å². The molecule has 118 valence electrons. The molecule has 24 heavy (non-hydrogen) atoms. The minimum absolute atomic E-state index is 0.194. The second-order valence-electron chi connectivity index (χ2n) is 4.77. The normalized spacial score (nSPS) is 10.3. The van der Waals surface area contributed by atoms with Gasteiger partial charge in [-0.05, 0) is 23.9 Å². The second-order valence-corrected chi connectivity index (χ2v) is 6.16. The van der Waals surface area contributed by atoms with Gasteiger partial charge in [-0.1, -0.05) is 48.0 Å². The zero-order chi connectivity index (χ0) is 16.9. The van der Waals surface area contributed by atoms with Gasteiger partial charge in [0.1, 0.15) is 11.1 Å². The van der Waals surface area contributed by atoms with E-state index in [1.807, 2.05) is 41.0 Å². The molecule has 2 heterocycles. The molecule has 0 saturated carbocycles. The van der Waals surface area contributed by atoms with Crippen LogP contribution in [0.3, 0.4) is 0 Å². The lowest BCUT2D eigenvalue weighted by atomic mass is 10.2. The number of halogens is 1. The van der Waals surface area contributed by atoms with E-state index in [2.05, 4.69) is 21.8 Å². The van der Waals surface area contributed by atoms with Crippen molar-refractivity contribution in [3.63, 3.8) is 0 Å². The molecule has 0 aliphatic carbocycles. The van der Waals surface area contributed by atoms with E-state index in [9.17, 15) is 0 Å². The smallest absolute Gasteiger partial charge is 0.198 e. The average Bonchev–Trinajstić information content (AvgIpc) is 3.00. The monoisotopic (exact) mass is 353 g/mol. The molecule has 0 N–H and O–H groups in total. The Hall–Kier alpha value is -2.62. The summed E-state index contributed by atoms with van der Waals surface area (Å²) < 4.78 is 1.95. The Morgan fingerprint density at radius 1 is 1.21 bits per heavy atom. The van der Waals surface area contributed by atoms with E-state index >= 15 is 0 Å². The third-order valence-electron chi connectivity index (χ3n) is 3.18. The molecule has 0 atom stereocenters. The molecule has 0 amide bonds. The molecular formula is C17H12ClN5S. The van der Waals surface area contributed by atoms with Crippen molar-refractivity contribution in [3.05, 3.63) is 65.8 Å². The molecule has 3 aromatic rings. The summed E-state index contributed by atoms with van der Waals surface area (Å²) in [5.74, 6) is 0.757. The zero-order valence-electron chi connectivity index (χ0n) is 12.6. The van der Waals surface area contributed by atoms with Gasteiger partial charge in [0.05, 0.1) is 5.02 Å². The van der Waals surface area contributed by atoms with Crippen LogP contribution >= 0.6 is 23.4 Å². The number of nitrogens with zero attached hydrogens (tertiary/aromatic N) is 5. The van der Waals surface area contributed by atoms with Crippen LogP contribution in [-0.2, 0) is 6.54 Å². The summed E-state index contributed by atoms with van der Waals surface area (Å²) in [5.41, 5.74) is 1.17. The third-order valence-corrected chi connectivity index (χ3v) is 4.41. The van der Waals surface area contributed by atoms with Crippen LogP contribution in [0.1, 0.15) is 5.69 Å². The fourth-order valence-corrected chi connectivity index (χ4v) is 3.07. The summed E-state index contributed by atoms with van der Waals surface area (Å²) >= 11 is 7.25. The molecule has 0 radical (unpaired) electrons. The standard InChI is InChI=1S/C17H12ClN5S/c1-2-10-23-16(12-6-4-3-5-7-12)21-22-17(23)24-15-9-8-13(18)14(11-19)20-15/h2-9H,1,10H2. The molecule has 1 aromatic carbocycles. The maximum atomic E-state index is 9.05. The Kier molecular flexibility index (Phi) is 4.94. The third kappa shape index (κ3) is 3.32. The highest BCUT2D eigenvalue weighted by molar-refractivity contribution is 7.99. The van der Waals surface area contributed by atoms with Crippen LogP contribution in [0.2, 0.25) is 5.02 Å². The maximum absolute atomic E-state index is 9.05. The van der Waals surface area contributed by atoms with Crippen molar-refractivity contribution in [1.29, 1.82) is 5.26 Å². The van der Waals surface area contributed by atoms with Gasteiger partial charge in [-0.15, -0.1) is 16.8 Å². The predicted molar refractivity (Wildman–Crippen MR) is 93.7 cm³/mol. The van der Waals surface area contributed by atoms with E-state index < -0.39 is 0 Å². The summed E-state index contributed by atoms with van der Waals surface area (Å²) in [6, 6.07) is 15.2. The first-order valence-corrected chi connectivity index (χ1v) is 8.26. The predicted octanol–water partition coefficient (Wildman–Crippen LogP) is 4.20. The molecule has 2 aromatic heterocycles. The minimum atomic E-state index is 0.194. The van der Waals surface area contributed by atoms with Crippen molar-refractivity contribution in [2.24, 2.45) is 0 Å². The van der Waals surface area contributed by atoms with Gasteiger partial charge in [0.25, 0.3) is 0 Å². The van der Waals surface area contributed by atoms with Gasteiger partial charge < -0.3 is 0 Å². The van der Waals surface area contributed by atoms with Crippen molar-refractivity contribution < 1.29 is 0 Å². The first-order chi connectivity index (χ1) is 11.7. The lowest BCUT2D eigenvalue weighted by Gasteiger charge is -2.07. The van der Waals surface area contributed by atoms with Crippen LogP contribution in [0.5, 0.6) is 0 Å².